The van der Waals surface area contributed by atoms with Gasteiger partial charge in [-0.05, 0) is 12.1 Å². The van der Waals surface area contributed by atoms with Gasteiger partial charge in [0.15, 0.2) is 6.10 Å². The van der Waals surface area contributed by atoms with E-state index in [9.17, 15) is 9.59 Å². The first-order valence-electron chi connectivity index (χ1n) is 6.33. The quantitative estimate of drug-likeness (QED) is 0.630. The van der Waals surface area contributed by atoms with Crippen LogP contribution in [0.4, 0.5) is 5.69 Å². The third-order valence-corrected chi connectivity index (χ3v) is 2.97. The third-order valence-electron chi connectivity index (χ3n) is 2.97. The summed E-state index contributed by atoms with van der Waals surface area (Å²) in [5.74, 6) is -1.79. The van der Waals surface area contributed by atoms with Crippen molar-refractivity contribution in [3.63, 3.8) is 0 Å². The second-order valence-electron chi connectivity index (χ2n) is 4.51. The van der Waals surface area contributed by atoms with E-state index in [1.165, 1.54) is 6.07 Å². The van der Waals surface area contributed by atoms with Gasteiger partial charge in [-0.2, -0.15) is 0 Å². The summed E-state index contributed by atoms with van der Waals surface area (Å²) < 4.78 is 0. The van der Waals surface area contributed by atoms with E-state index in [0.29, 0.717) is 11.2 Å². The number of amides is 1. The number of carbonyl (C=O) groups is 2. The molecule has 21 heavy (non-hydrogen) atoms. The number of aromatic nitrogens is 1. The Labute approximate surface area is 120 Å². The SMILES string of the molecule is Nc1cc(C(=O)NCCC(O)C(=O)O)nc2ccccc12. The van der Waals surface area contributed by atoms with Crippen LogP contribution in [-0.4, -0.2) is 39.7 Å². The number of hydrogen-bond acceptors (Lipinski definition) is 5. The van der Waals surface area contributed by atoms with Gasteiger partial charge in [-0.25, -0.2) is 9.78 Å². The Hall–Kier alpha value is -2.67. The van der Waals surface area contributed by atoms with Crippen LogP contribution in [0.3, 0.4) is 0 Å². The van der Waals surface area contributed by atoms with Gasteiger partial charge in [0.05, 0.1) is 5.52 Å². The molecule has 0 aliphatic heterocycles. The highest BCUT2D eigenvalue weighted by Crippen LogP contribution is 2.19. The minimum Gasteiger partial charge on any atom is -0.479 e. The topological polar surface area (TPSA) is 126 Å². The molecule has 0 aliphatic carbocycles. The number of para-hydroxylation sites is 1. The highest BCUT2D eigenvalue weighted by atomic mass is 16.4. The zero-order chi connectivity index (χ0) is 15.4. The number of carbonyl (C=O) groups excluding carboxylic acids is 1. The molecule has 1 aromatic carbocycles. The van der Waals surface area contributed by atoms with E-state index >= 15 is 0 Å². The van der Waals surface area contributed by atoms with E-state index < -0.39 is 18.0 Å². The predicted octanol–water partition coefficient (Wildman–Crippen LogP) is 0.382. The van der Waals surface area contributed by atoms with E-state index in [2.05, 4.69) is 10.3 Å². The monoisotopic (exact) mass is 289 g/mol. The molecule has 0 spiro atoms. The predicted molar refractivity (Wildman–Crippen MR) is 76.7 cm³/mol. The molecule has 0 saturated carbocycles. The molecular formula is C14H15N3O4. The maximum atomic E-state index is 11.9. The number of aliphatic hydroxyl groups is 1. The summed E-state index contributed by atoms with van der Waals surface area (Å²) >= 11 is 0. The number of anilines is 1. The molecule has 7 heteroatoms. The van der Waals surface area contributed by atoms with Crippen molar-refractivity contribution in [1.82, 2.24) is 10.3 Å². The van der Waals surface area contributed by atoms with Crippen molar-refractivity contribution >= 4 is 28.5 Å². The van der Waals surface area contributed by atoms with Crippen LogP contribution in [0.2, 0.25) is 0 Å². The van der Waals surface area contributed by atoms with E-state index in [4.69, 9.17) is 15.9 Å². The average Bonchev–Trinajstić information content (AvgIpc) is 2.46. The van der Waals surface area contributed by atoms with E-state index in [0.717, 1.165) is 5.39 Å². The fraction of sp³-hybridized carbons (Fsp3) is 0.214. The van der Waals surface area contributed by atoms with Crippen molar-refractivity contribution in [2.45, 2.75) is 12.5 Å². The van der Waals surface area contributed by atoms with Gasteiger partial charge in [0.2, 0.25) is 0 Å². The van der Waals surface area contributed by atoms with Crippen LogP contribution in [0.5, 0.6) is 0 Å². The van der Waals surface area contributed by atoms with Crippen molar-refractivity contribution in [3.8, 4) is 0 Å². The number of rotatable bonds is 5. The third kappa shape index (κ3) is 3.46. The Bertz CT molecular complexity index is 687. The number of pyridine rings is 1. The molecule has 2 aromatic rings. The van der Waals surface area contributed by atoms with Crippen LogP contribution in [0.25, 0.3) is 10.9 Å². The van der Waals surface area contributed by atoms with Crippen LogP contribution in [-0.2, 0) is 4.79 Å². The lowest BCUT2D eigenvalue weighted by molar-refractivity contribution is -0.146. The first kappa shape index (κ1) is 14.7. The number of nitrogens with zero attached hydrogens (tertiary/aromatic N) is 1. The largest absolute Gasteiger partial charge is 0.479 e. The Kier molecular flexibility index (Phi) is 4.34. The molecule has 0 fully saturated rings. The molecule has 1 atom stereocenters. The second-order valence-corrected chi connectivity index (χ2v) is 4.51. The minimum atomic E-state index is -1.50. The zero-order valence-corrected chi connectivity index (χ0v) is 11.1. The fourth-order valence-electron chi connectivity index (χ4n) is 1.86. The lowest BCUT2D eigenvalue weighted by atomic mass is 10.1. The van der Waals surface area contributed by atoms with Crippen LogP contribution in [0.15, 0.2) is 30.3 Å². The van der Waals surface area contributed by atoms with Gasteiger partial charge >= 0.3 is 5.97 Å². The van der Waals surface area contributed by atoms with Crippen LogP contribution in [0.1, 0.15) is 16.9 Å². The molecule has 1 unspecified atom stereocenters. The molecule has 0 aliphatic rings. The Balaban J connectivity index is 2.08. The molecule has 0 radical (unpaired) electrons. The zero-order valence-electron chi connectivity index (χ0n) is 11.1. The summed E-state index contributed by atoms with van der Waals surface area (Å²) in [6, 6.07) is 8.64. The first-order chi connectivity index (χ1) is 9.99. The highest BCUT2D eigenvalue weighted by molar-refractivity contribution is 5.99. The molecule has 1 heterocycles. The highest BCUT2D eigenvalue weighted by Gasteiger charge is 2.14. The maximum absolute atomic E-state index is 11.9. The van der Waals surface area contributed by atoms with Crippen LogP contribution >= 0.6 is 0 Å². The molecule has 1 amide bonds. The van der Waals surface area contributed by atoms with Gasteiger partial charge in [0.1, 0.15) is 5.69 Å². The average molecular weight is 289 g/mol. The number of nitrogens with one attached hydrogen (secondary N) is 1. The number of aliphatic carboxylic acids is 1. The summed E-state index contributed by atoms with van der Waals surface area (Å²) in [7, 11) is 0. The smallest absolute Gasteiger partial charge is 0.332 e. The molecular weight excluding hydrogens is 274 g/mol. The summed E-state index contributed by atoms with van der Waals surface area (Å²) in [4.78, 5) is 26.6. The fourth-order valence-corrected chi connectivity index (χ4v) is 1.86. The van der Waals surface area contributed by atoms with E-state index in [1.807, 2.05) is 12.1 Å². The number of nitrogens with two attached hydrogens (primary N) is 1. The molecule has 110 valence electrons. The van der Waals surface area contributed by atoms with E-state index in [-0.39, 0.29) is 18.7 Å². The Morgan fingerprint density at radius 3 is 2.76 bits per heavy atom. The number of benzene rings is 1. The molecule has 7 nitrogen and oxygen atoms in total. The van der Waals surface area contributed by atoms with Gasteiger partial charge in [0.25, 0.3) is 5.91 Å². The molecule has 2 rings (SSSR count). The Morgan fingerprint density at radius 1 is 1.33 bits per heavy atom. The van der Waals surface area contributed by atoms with Crippen molar-refractivity contribution < 1.29 is 19.8 Å². The van der Waals surface area contributed by atoms with Gasteiger partial charge < -0.3 is 21.3 Å². The standard InChI is InChI=1S/C14H15N3O4/c15-9-7-11(17-10-4-2-1-3-8(9)10)13(19)16-6-5-12(18)14(20)21/h1-4,7,12,18H,5-6H2,(H2,15,17)(H,16,19)(H,20,21). The lowest BCUT2D eigenvalue weighted by Crippen LogP contribution is -2.30. The summed E-state index contributed by atoms with van der Waals surface area (Å²) in [6.07, 6.45) is -1.58. The van der Waals surface area contributed by atoms with Gasteiger partial charge in [-0.1, -0.05) is 18.2 Å². The number of fused-ring (bicyclic) bond motifs is 1. The number of carboxylic acids is 1. The van der Waals surface area contributed by atoms with Crippen molar-refractivity contribution in [3.05, 3.63) is 36.0 Å². The minimum absolute atomic E-state index is 0.0285. The number of carboxylic acid groups (broad SMARTS) is 1. The van der Waals surface area contributed by atoms with Crippen molar-refractivity contribution in [2.75, 3.05) is 12.3 Å². The first-order valence-corrected chi connectivity index (χ1v) is 6.33. The maximum Gasteiger partial charge on any atom is 0.332 e. The summed E-state index contributed by atoms with van der Waals surface area (Å²) in [5, 5.41) is 20.9. The molecule has 0 bridgehead atoms. The van der Waals surface area contributed by atoms with Gasteiger partial charge in [-0.3, -0.25) is 4.79 Å². The normalized spacial score (nSPS) is 12.0. The van der Waals surface area contributed by atoms with Crippen molar-refractivity contribution in [2.24, 2.45) is 0 Å². The van der Waals surface area contributed by atoms with E-state index in [1.54, 1.807) is 12.1 Å². The summed E-state index contributed by atoms with van der Waals surface area (Å²) in [5.41, 5.74) is 7.07. The lowest BCUT2D eigenvalue weighted by Gasteiger charge is -2.08. The Morgan fingerprint density at radius 2 is 2.05 bits per heavy atom. The van der Waals surface area contributed by atoms with Gasteiger partial charge in [-0.15, -0.1) is 0 Å². The van der Waals surface area contributed by atoms with Crippen LogP contribution < -0.4 is 11.1 Å². The van der Waals surface area contributed by atoms with Crippen LogP contribution in [0, 0.1) is 0 Å². The number of hydrogen-bond donors (Lipinski definition) is 4. The number of aliphatic hydroxyl groups excluding tert-OH is 1. The van der Waals surface area contributed by atoms with Gasteiger partial charge in [0, 0.05) is 24.0 Å². The molecule has 0 saturated heterocycles. The molecule has 1 aromatic heterocycles. The second kappa shape index (κ2) is 6.19. The number of nitrogen functional groups attached to an aromatic ring is 1. The summed E-state index contributed by atoms with van der Waals surface area (Å²) in [6.45, 7) is 0.0285. The molecule has 5 N–H and O–H groups in total. The van der Waals surface area contributed by atoms with Crippen molar-refractivity contribution in [1.29, 1.82) is 0 Å².